The number of nitrogens with zero attached hydrogens (tertiary/aromatic N) is 1. The molecule has 0 aliphatic rings. The second-order valence-electron chi connectivity index (χ2n) is 2.75. The number of benzene rings is 1. The fourth-order valence-electron chi connectivity index (χ4n) is 1.39. The summed E-state index contributed by atoms with van der Waals surface area (Å²) in [4.78, 5) is 4.26. The van der Waals surface area contributed by atoms with Gasteiger partial charge in [-0.15, -0.1) is 0 Å². The lowest BCUT2D eigenvalue weighted by Crippen LogP contribution is -1.84. The van der Waals surface area contributed by atoms with Crippen LogP contribution in [0.3, 0.4) is 0 Å². The van der Waals surface area contributed by atoms with Crippen molar-refractivity contribution in [1.82, 2.24) is 4.98 Å². The number of fused-ring (bicyclic) bond motifs is 1. The summed E-state index contributed by atoms with van der Waals surface area (Å²) in [6.45, 7) is 2.15. The van der Waals surface area contributed by atoms with Crippen molar-refractivity contribution in [2.45, 2.75) is 13.3 Å². The SMILES string of the molecule is CCc1cccc2ncc[c]c12. The molecule has 2 aromatic rings. The summed E-state index contributed by atoms with van der Waals surface area (Å²) < 4.78 is 0. The molecule has 1 aromatic carbocycles. The number of hydrogen-bond acceptors (Lipinski definition) is 1. The van der Waals surface area contributed by atoms with Crippen molar-refractivity contribution in [3.05, 3.63) is 42.1 Å². The van der Waals surface area contributed by atoms with Crippen molar-refractivity contribution in [3.8, 4) is 0 Å². The second-order valence-corrected chi connectivity index (χ2v) is 2.75. The molecular formula is C11H10N. The third-order valence-electron chi connectivity index (χ3n) is 2.03. The zero-order valence-corrected chi connectivity index (χ0v) is 7.04. The first-order valence-electron chi connectivity index (χ1n) is 4.16. The maximum Gasteiger partial charge on any atom is 0.0710 e. The lowest BCUT2D eigenvalue weighted by Gasteiger charge is -2.00. The summed E-state index contributed by atoms with van der Waals surface area (Å²) in [7, 11) is 0. The molecule has 1 aromatic heterocycles. The van der Waals surface area contributed by atoms with Gasteiger partial charge in [0, 0.05) is 11.6 Å². The molecule has 1 heteroatoms. The molecule has 0 unspecified atom stereocenters. The average Bonchev–Trinajstić information content (AvgIpc) is 2.17. The molecular weight excluding hydrogens is 146 g/mol. The minimum absolute atomic E-state index is 1.04. The number of aromatic nitrogens is 1. The average molecular weight is 156 g/mol. The molecule has 0 aliphatic carbocycles. The Morgan fingerprint density at radius 2 is 2.33 bits per heavy atom. The largest absolute Gasteiger partial charge is 0.256 e. The van der Waals surface area contributed by atoms with Crippen LogP contribution in [0, 0.1) is 6.07 Å². The Morgan fingerprint density at radius 1 is 1.42 bits per heavy atom. The van der Waals surface area contributed by atoms with Gasteiger partial charge in [-0.25, -0.2) is 0 Å². The normalized spacial score (nSPS) is 10.4. The van der Waals surface area contributed by atoms with Gasteiger partial charge in [0.15, 0.2) is 0 Å². The van der Waals surface area contributed by atoms with E-state index in [1.54, 1.807) is 6.20 Å². The molecule has 0 saturated heterocycles. The number of pyridine rings is 1. The molecule has 0 amide bonds. The highest BCUT2D eigenvalue weighted by Crippen LogP contribution is 2.15. The van der Waals surface area contributed by atoms with E-state index < -0.39 is 0 Å². The van der Waals surface area contributed by atoms with Crippen molar-refractivity contribution < 1.29 is 0 Å². The molecule has 0 N–H and O–H groups in total. The van der Waals surface area contributed by atoms with E-state index in [0.717, 1.165) is 17.3 Å². The first-order valence-corrected chi connectivity index (χ1v) is 4.16. The van der Waals surface area contributed by atoms with E-state index in [2.05, 4.69) is 24.0 Å². The monoisotopic (exact) mass is 156 g/mol. The molecule has 12 heavy (non-hydrogen) atoms. The Bertz CT molecular complexity index is 388. The summed E-state index contributed by atoms with van der Waals surface area (Å²) >= 11 is 0. The van der Waals surface area contributed by atoms with Crippen LogP contribution >= 0.6 is 0 Å². The summed E-state index contributed by atoms with van der Waals surface area (Å²) in [5.74, 6) is 0. The molecule has 1 nitrogen and oxygen atoms in total. The topological polar surface area (TPSA) is 12.9 Å². The lowest BCUT2D eigenvalue weighted by molar-refractivity contribution is 1.16. The summed E-state index contributed by atoms with van der Waals surface area (Å²) in [6, 6.07) is 11.3. The van der Waals surface area contributed by atoms with Crippen LogP contribution in [0.4, 0.5) is 0 Å². The molecule has 0 atom stereocenters. The van der Waals surface area contributed by atoms with E-state index >= 15 is 0 Å². The molecule has 0 bridgehead atoms. The molecule has 59 valence electrons. The van der Waals surface area contributed by atoms with E-state index in [9.17, 15) is 0 Å². The van der Waals surface area contributed by atoms with Crippen LogP contribution in [-0.4, -0.2) is 4.98 Å². The minimum Gasteiger partial charge on any atom is -0.256 e. The highest BCUT2D eigenvalue weighted by molar-refractivity contribution is 5.81. The smallest absolute Gasteiger partial charge is 0.0710 e. The fourth-order valence-corrected chi connectivity index (χ4v) is 1.39. The number of rotatable bonds is 1. The van der Waals surface area contributed by atoms with Gasteiger partial charge < -0.3 is 0 Å². The predicted molar refractivity (Wildman–Crippen MR) is 50.0 cm³/mol. The first kappa shape index (κ1) is 7.29. The maximum absolute atomic E-state index is 4.26. The Hall–Kier alpha value is -1.37. The predicted octanol–water partition coefficient (Wildman–Crippen LogP) is 2.60. The third-order valence-corrected chi connectivity index (χ3v) is 2.03. The van der Waals surface area contributed by atoms with Crippen molar-refractivity contribution in [3.63, 3.8) is 0 Å². The molecule has 0 spiro atoms. The summed E-state index contributed by atoms with van der Waals surface area (Å²) in [6.07, 6.45) is 2.82. The Labute approximate surface area is 72.1 Å². The van der Waals surface area contributed by atoms with Gasteiger partial charge in [0.05, 0.1) is 5.52 Å². The Morgan fingerprint density at radius 3 is 3.17 bits per heavy atom. The van der Waals surface area contributed by atoms with Gasteiger partial charge in [-0.2, -0.15) is 0 Å². The van der Waals surface area contributed by atoms with Gasteiger partial charge in [0.1, 0.15) is 0 Å². The highest BCUT2D eigenvalue weighted by Gasteiger charge is 1.97. The van der Waals surface area contributed by atoms with Gasteiger partial charge in [0.2, 0.25) is 0 Å². The highest BCUT2D eigenvalue weighted by atomic mass is 14.6. The third kappa shape index (κ3) is 1.07. The number of hydrogen-bond donors (Lipinski definition) is 0. The van der Waals surface area contributed by atoms with Crippen LogP contribution in [0.1, 0.15) is 12.5 Å². The van der Waals surface area contributed by atoms with E-state index in [1.807, 2.05) is 18.2 Å². The van der Waals surface area contributed by atoms with Crippen LogP contribution in [0.25, 0.3) is 10.9 Å². The van der Waals surface area contributed by atoms with E-state index in [1.165, 1.54) is 5.56 Å². The molecule has 1 radical (unpaired) electrons. The molecule has 2 rings (SSSR count). The van der Waals surface area contributed by atoms with E-state index in [0.29, 0.717) is 0 Å². The van der Waals surface area contributed by atoms with Gasteiger partial charge in [-0.1, -0.05) is 19.1 Å². The van der Waals surface area contributed by atoms with Crippen LogP contribution in [0.2, 0.25) is 0 Å². The van der Waals surface area contributed by atoms with Crippen LogP contribution in [0.5, 0.6) is 0 Å². The van der Waals surface area contributed by atoms with Gasteiger partial charge >= 0.3 is 0 Å². The molecule has 1 heterocycles. The molecule has 0 saturated carbocycles. The first-order chi connectivity index (χ1) is 5.92. The van der Waals surface area contributed by atoms with Gasteiger partial charge in [-0.05, 0) is 30.2 Å². The van der Waals surface area contributed by atoms with Crippen molar-refractivity contribution in [2.75, 3.05) is 0 Å². The second kappa shape index (κ2) is 2.94. The molecule has 0 fully saturated rings. The van der Waals surface area contributed by atoms with E-state index in [-0.39, 0.29) is 0 Å². The number of aryl methyl sites for hydroxylation is 1. The fraction of sp³-hybridized carbons (Fsp3) is 0.182. The summed E-state index contributed by atoms with van der Waals surface area (Å²) in [5.41, 5.74) is 2.36. The standard InChI is InChI=1S/C11H10N/c1-2-9-5-3-7-11-10(9)6-4-8-12-11/h3-5,7-8H,2H2,1H3. The molecule has 0 aliphatic heterocycles. The lowest BCUT2D eigenvalue weighted by atomic mass is 10.1. The minimum atomic E-state index is 1.04. The van der Waals surface area contributed by atoms with Gasteiger partial charge in [-0.3, -0.25) is 4.98 Å². The van der Waals surface area contributed by atoms with Crippen LogP contribution < -0.4 is 0 Å². The maximum atomic E-state index is 4.26. The van der Waals surface area contributed by atoms with Crippen molar-refractivity contribution in [2.24, 2.45) is 0 Å². The van der Waals surface area contributed by atoms with E-state index in [4.69, 9.17) is 0 Å². The van der Waals surface area contributed by atoms with Crippen molar-refractivity contribution >= 4 is 10.9 Å². The van der Waals surface area contributed by atoms with Crippen LogP contribution in [-0.2, 0) is 6.42 Å². The zero-order valence-electron chi connectivity index (χ0n) is 7.04. The zero-order chi connectivity index (χ0) is 8.39. The quantitative estimate of drug-likeness (QED) is 0.618. The Kier molecular flexibility index (Phi) is 1.78. The Balaban J connectivity index is 2.79. The van der Waals surface area contributed by atoms with Gasteiger partial charge in [0.25, 0.3) is 0 Å². The van der Waals surface area contributed by atoms with Crippen LogP contribution in [0.15, 0.2) is 30.5 Å². The summed E-state index contributed by atoms with van der Waals surface area (Å²) in [5, 5.41) is 1.16. The van der Waals surface area contributed by atoms with Crippen molar-refractivity contribution in [1.29, 1.82) is 0 Å².